The largest absolute Gasteiger partial charge is 0.381 e. The van der Waals surface area contributed by atoms with Crippen LogP contribution in [0.5, 0.6) is 0 Å². The summed E-state index contributed by atoms with van der Waals surface area (Å²) in [4.78, 5) is 40.0. The number of nitrogens with zero attached hydrogens (tertiary/aromatic N) is 2. The highest BCUT2D eigenvalue weighted by atomic mass is 19.1. The zero-order valence-corrected chi connectivity index (χ0v) is 17.8. The third-order valence-corrected chi connectivity index (χ3v) is 5.41. The van der Waals surface area contributed by atoms with Crippen LogP contribution < -0.4 is 10.6 Å². The van der Waals surface area contributed by atoms with Gasteiger partial charge in [0.2, 0.25) is 11.8 Å². The van der Waals surface area contributed by atoms with Crippen LogP contribution in [0.25, 0.3) is 0 Å². The van der Waals surface area contributed by atoms with Gasteiger partial charge in [-0.15, -0.1) is 0 Å². The molecule has 0 aromatic heterocycles. The van der Waals surface area contributed by atoms with Crippen molar-refractivity contribution in [2.45, 2.75) is 38.3 Å². The molecule has 2 N–H and O–H groups in total. The van der Waals surface area contributed by atoms with Crippen molar-refractivity contribution in [3.63, 3.8) is 0 Å². The Bertz CT molecular complexity index is 1550. The number of ether oxygens (including phenoxy) is 1. The van der Waals surface area contributed by atoms with Crippen LogP contribution in [0.1, 0.15) is 53.5 Å². The van der Waals surface area contributed by atoms with E-state index < -0.39 is 78.5 Å². The number of piperidine rings is 1. The van der Waals surface area contributed by atoms with Gasteiger partial charge in [-0.05, 0) is 36.2 Å². The number of halogens is 1. The number of rotatable bonds is 6. The van der Waals surface area contributed by atoms with Gasteiger partial charge in [-0.25, -0.2) is 4.39 Å². The maximum atomic E-state index is 15.1. The molecule has 2 saturated heterocycles. The van der Waals surface area contributed by atoms with E-state index in [-0.39, 0.29) is 42.5 Å². The van der Waals surface area contributed by atoms with E-state index in [1.165, 1.54) is 23.1 Å². The molecule has 0 radical (unpaired) electrons. The second kappa shape index (κ2) is 9.52. The minimum Gasteiger partial charge on any atom is -0.381 e. The minimum atomic E-state index is -3.37. The van der Waals surface area contributed by atoms with Gasteiger partial charge in [-0.2, -0.15) is 0 Å². The third-order valence-electron chi connectivity index (χ3n) is 5.41. The van der Waals surface area contributed by atoms with Crippen LogP contribution in [0, 0.1) is 5.82 Å². The Morgan fingerprint density at radius 1 is 1.21 bits per heavy atom. The summed E-state index contributed by atoms with van der Waals surface area (Å²) in [5.41, 5.74) is -1.98. The Morgan fingerprint density at radius 3 is 2.85 bits per heavy atom. The Morgan fingerprint density at radius 2 is 2.03 bits per heavy atom. The number of carbonyl (C=O) groups is 3. The molecule has 0 spiro atoms. The molecule has 8 nitrogen and oxygen atoms in total. The third kappa shape index (κ3) is 4.53. The fourth-order valence-electron chi connectivity index (χ4n) is 3.71. The SMILES string of the molecule is [2H]C([2H])(Nc1cccc2c1C([2H])([2H])N(C1C(=O)NC(=O)C([2H])([2H])C1([2H])[2H])C2=O)c1cc(C([2H])([2H])N2CCOCC2)ccc1F. The van der Waals surface area contributed by atoms with Crippen LogP contribution in [0.4, 0.5) is 10.1 Å². The summed E-state index contributed by atoms with van der Waals surface area (Å²) in [7, 11) is 0. The molecule has 2 aromatic carbocycles. The molecule has 5 rings (SSSR count). The second-order valence-electron chi connectivity index (χ2n) is 7.66. The molecule has 34 heavy (non-hydrogen) atoms. The molecular formula is C25H27FN4O4. The maximum absolute atomic E-state index is 15.1. The van der Waals surface area contributed by atoms with Crippen LogP contribution in [-0.2, 0) is 33.8 Å². The Balaban J connectivity index is 1.53. The number of amides is 3. The summed E-state index contributed by atoms with van der Waals surface area (Å²) in [6, 6.07) is 4.23. The molecule has 3 heterocycles. The Kier molecular flexibility index (Phi) is 3.79. The number of carbonyl (C=O) groups excluding carboxylic acids is 3. The number of anilines is 1. The number of hydrogen-bond acceptors (Lipinski definition) is 6. The lowest BCUT2D eigenvalue weighted by Gasteiger charge is -2.29. The van der Waals surface area contributed by atoms with Gasteiger partial charge in [0.1, 0.15) is 11.9 Å². The van der Waals surface area contributed by atoms with Gasteiger partial charge >= 0.3 is 0 Å². The lowest BCUT2D eigenvalue weighted by molar-refractivity contribution is -0.136. The molecule has 3 amide bonds. The summed E-state index contributed by atoms with van der Waals surface area (Å²) in [6.45, 7) is -6.96. The van der Waals surface area contributed by atoms with E-state index in [1.54, 1.807) is 5.32 Å². The van der Waals surface area contributed by atoms with Crippen molar-refractivity contribution in [3.8, 4) is 0 Å². The van der Waals surface area contributed by atoms with Gasteiger partial charge in [-0.1, -0.05) is 12.1 Å². The zero-order valence-electron chi connectivity index (χ0n) is 27.8. The summed E-state index contributed by atoms with van der Waals surface area (Å²) < 4.78 is 105. The van der Waals surface area contributed by atoms with Crippen molar-refractivity contribution in [2.75, 3.05) is 31.6 Å². The average Bonchev–Trinajstić information content (AvgIpc) is 3.14. The summed E-state index contributed by atoms with van der Waals surface area (Å²) in [5.74, 6) is -5.31. The Hall–Kier alpha value is -3.30. The van der Waals surface area contributed by atoms with Crippen molar-refractivity contribution in [1.29, 1.82) is 0 Å². The van der Waals surface area contributed by atoms with Crippen molar-refractivity contribution >= 4 is 23.4 Å². The monoisotopic (exact) mass is 476 g/mol. The van der Waals surface area contributed by atoms with Crippen molar-refractivity contribution in [3.05, 3.63) is 64.5 Å². The van der Waals surface area contributed by atoms with Crippen molar-refractivity contribution in [2.24, 2.45) is 0 Å². The first-order chi connectivity index (χ1) is 20.3. The number of nitrogens with one attached hydrogen (secondary N) is 2. The number of imide groups is 1. The second-order valence-corrected chi connectivity index (χ2v) is 7.66. The molecule has 3 aliphatic rings. The lowest BCUT2D eigenvalue weighted by Crippen LogP contribution is -2.52. The lowest BCUT2D eigenvalue weighted by atomic mass is 10.0. The first kappa shape index (κ1) is 13.6. The van der Waals surface area contributed by atoms with E-state index in [2.05, 4.69) is 5.32 Å². The quantitative estimate of drug-likeness (QED) is 0.620. The molecule has 9 heteroatoms. The molecule has 0 aliphatic carbocycles. The highest BCUT2D eigenvalue weighted by molar-refractivity contribution is 6.06. The molecule has 0 saturated carbocycles. The number of morpholine rings is 1. The zero-order chi connectivity index (χ0) is 32.6. The van der Waals surface area contributed by atoms with Crippen LogP contribution >= 0.6 is 0 Å². The molecule has 0 bridgehead atoms. The summed E-state index contributed by atoms with van der Waals surface area (Å²) >= 11 is 0. The van der Waals surface area contributed by atoms with Crippen molar-refractivity contribution < 1.29 is 37.2 Å². The molecule has 3 aliphatic heterocycles. The first-order valence-corrected chi connectivity index (χ1v) is 10.5. The van der Waals surface area contributed by atoms with Crippen LogP contribution in [0.2, 0.25) is 0 Å². The van der Waals surface area contributed by atoms with E-state index >= 15 is 4.39 Å². The fourth-order valence-corrected chi connectivity index (χ4v) is 3.71. The molecular weight excluding hydrogens is 439 g/mol. The standard InChI is InChI=1S/C25H27FN4O4/c26-20-5-4-16(14-29-8-10-34-11-9-29)12-17(20)13-27-21-3-1-2-18-19(21)15-30(25(18)33)22-6-7-23(31)28-24(22)32/h1-5,12,22,27H,6-11,13-15H2,(H,28,31,32)/i6D2,7D2,13D2,14D2,15D2. The van der Waals surface area contributed by atoms with Crippen molar-refractivity contribution in [1.82, 2.24) is 15.1 Å². The van der Waals surface area contributed by atoms with Gasteiger partial charge in [0, 0.05) is 69.6 Å². The Labute approximate surface area is 211 Å². The van der Waals surface area contributed by atoms with E-state index in [4.69, 9.17) is 18.4 Å². The van der Waals surface area contributed by atoms with Gasteiger partial charge in [-0.3, -0.25) is 24.6 Å². The molecule has 1 unspecified atom stereocenters. The summed E-state index contributed by atoms with van der Waals surface area (Å²) in [6.07, 6.45) is -6.70. The molecule has 1 atom stereocenters. The normalized spacial score (nSPS) is 30.6. The first-order valence-electron chi connectivity index (χ1n) is 15.5. The number of benzene rings is 2. The topological polar surface area (TPSA) is 91.0 Å². The van der Waals surface area contributed by atoms with Crippen LogP contribution in [0.3, 0.4) is 0 Å². The van der Waals surface area contributed by atoms with Gasteiger partial charge < -0.3 is 15.0 Å². The van der Waals surface area contributed by atoms with Crippen LogP contribution in [0.15, 0.2) is 36.4 Å². The van der Waals surface area contributed by atoms with E-state index in [0.29, 0.717) is 0 Å². The number of fused-ring (bicyclic) bond motifs is 1. The fraction of sp³-hybridized carbons (Fsp3) is 0.400. The highest BCUT2D eigenvalue weighted by Gasteiger charge is 2.39. The smallest absolute Gasteiger partial charge is 0.255 e. The average molecular weight is 477 g/mol. The predicted octanol–water partition coefficient (Wildman–Crippen LogP) is 2.03. The molecule has 178 valence electrons. The van der Waals surface area contributed by atoms with E-state index in [9.17, 15) is 14.4 Å². The van der Waals surface area contributed by atoms with Gasteiger partial charge in [0.15, 0.2) is 0 Å². The van der Waals surface area contributed by atoms with Gasteiger partial charge in [0.05, 0.1) is 18.7 Å². The maximum Gasteiger partial charge on any atom is 0.255 e. The van der Waals surface area contributed by atoms with Crippen LogP contribution in [-0.4, -0.2) is 59.9 Å². The minimum absolute atomic E-state index is 0.0502. The van der Waals surface area contributed by atoms with Gasteiger partial charge in [0.25, 0.3) is 5.91 Å². The number of hydrogen-bond donors (Lipinski definition) is 2. The van der Waals surface area contributed by atoms with E-state index in [1.807, 2.05) is 0 Å². The summed E-state index contributed by atoms with van der Waals surface area (Å²) in [5, 5.41) is 4.03. The highest BCUT2D eigenvalue weighted by Crippen LogP contribution is 2.32. The molecule has 2 fully saturated rings. The predicted molar refractivity (Wildman–Crippen MR) is 122 cm³/mol. The van der Waals surface area contributed by atoms with E-state index in [0.717, 1.165) is 18.2 Å². The molecule has 2 aromatic rings.